The van der Waals surface area contributed by atoms with E-state index >= 15 is 0 Å². The van der Waals surface area contributed by atoms with E-state index in [0.717, 1.165) is 16.8 Å². The van der Waals surface area contributed by atoms with E-state index in [-0.39, 0.29) is 5.56 Å². The van der Waals surface area contributed by atoms with Gasteiger partial charge < -0.3 is 4.98 Å². The molecule has 5 heteroatoms. The first-order chi connectivity index (χ1) is 8.66. The van der Waals surface area contributed by atoms with Crippen molar-refractivity contribution >= 4 is 17.2 Å². The Morgan fingerprint density at radius 3 is 2.72 bits per heavy atom. The molecule has 0 unspecified atom stereocenters. The van der Waals surface area contributed by atoms with Gasteiger partial charge in [-0.05, 0) is 12.5 Å². The first-order valence-electron chi connectivity index (χ1n) is 5.50. The summed E-state index contributed by atoms with van der Waals surface area (Å²) in [5.41, 5.74) is 3.07. The number of rotatable bonds is 1. The molecule has 0 bridgehead atoms. The van der Waals surface area contributed by atoms with Gasteiger partial charge in [-0.1, -0.05) is 41.9 Å². The van der Waals surface area contributed by atoms with Crippen LogP contribution in [0.4, 0.5) is 0 Å². The van der Waals surface area contributed by atoms with Crippen LogP contribution in [0.1, 0.15) is 5.69 Å². The van der Waals surface area contributed by atoms with Crippen LogP contribution in [0.15, 0.2) is 41.2 Å². The zero-order valence-corrected chi connectivity index (χ0v) is 10.4. The minimum absolute atomic E-state index is 0.237. The minimum atomic E-state index is -0.237. The third kappa shape index (κ3) is 1.62. The molecule has 0 fully saturated rings. The number of hydrogen-bond donors (Lipinski definition) is 1. The summed E-state index contributed by atoms with van der Waals surface area (Å²) in [5.74, 6) is 0. The third-order valence-electron chi connectivity index (χ3n) is 2.82. The van der Waals surface area contributed by atoms with E-state index in [1.807, 2.05) is 37.3 Å². The van der Waals surface area contributed by atoms with Gasteiger partial charge in [0.1, 0.15) is 10.8 Å². The maximum absolute atomic E-state index is 11.8. The summed E-state index contributed by atoms with van der Waals surface area (Å²) in [6, 6.07) is 11.1. The summed E-state index contributed by atoms with van der Waals surface area (Å²) in [7, 11) is 0. The van der Waals surface area contributed by atoms with Gasteiger partial charge in [-0.25, -0.2) is 0 Å². The number of aryl methyl sites for hydroxylation is 1. The van der Waals surface area contributed by atoms with Gasteiger partial charge in [0.25, 0.3) is 5.56 Å². The molecule has 90 valence electrons. The molecule has 0 aliphatic carbocycles. The quantitative estimate of drug-likeness (QED) is 0.683. The highest BCUT2D eigenvalue weighted by molar-refractivity contribution is 6.29. The van der Waals surface area contributed by atoms with Crippen LogP contribution < -0.4 is 5.56 Å². The topological polar surface area (TPSA) is 50.2 Å². The average molecular weight is 260 g/mol. The fourth-order valence-corrected chi connectivity index (χ4v) is 2.25. The van der Waals surface area contributed by atoms with E-state index < -0.39 is 0 Å². The lowest BCUT2D eigenvalue weighted by molar-refractivity contribution is 0.881. The fourth-order valence-electron chi connectivity index (χ4n) is 2.07. The van der Waals surface area contributed by atoms with Crippen molar-refractivity contribution in [1.29, 1.82) is 0 Å². The molecule has 2 aromatic heterocycles. The number of nitrogens with zero attached hydrogens (tertiary/aromatic N) is 2. The van der Waals surface area contributed by atoms with Gasteiger partial charge in [0.05, 0.1) is 5.69 Å². The van der Waals surface area contributed by atoms with Crippen LogP contribution in [0, 0.1) is 6.92 Å². The van der Waals surface area contributed by atoms with Crippen LogP contribution in [0.2, 0.25) is 5.15 Å². The molecular weight excluding hydrogens is 250 g/mol. The Morgan fingerprint density at radius 2 is 2.00 bits per heavy atom. The van der Waals surface area contributed by atoms with E-state index in [9.17, 15) is 4.79 Å². The Balaban J connectivity index is 2.43. The molecule has 2 heterocycles. The van der Waals surface area contributed by atoms with Crippen molar-refractivity contribution in [2.75, 3.05) is 0 Å². The predicted molar refractivity (Wildman–Crippen MR) is 71.0 cm³/mol. The lowest BCUT2D eigenvalue weighted by atomic mass is 10.1. The Labute approximate surface area is 108 Å². The number of hydrogen-bond acceptors (Lipinski definition) is 2. The van der Waals surface area contributed by atoms with Crippen molar-refractivity contribution in [2.45, 2.75) is 6.92 Å². The van der Waals surface area contributed by atoms with E-state index in [1.54, 1.807) is 0 Å². The smallest absolute Gasteiger partial charge is 0.275 e. The van der Waals surface area contributed by atoms with Crippen molar-refractivity contribution < 1.29 is 0 Å². The molecule has 0 spiro atoms. The molecule has 0 saturated carbocycles. The molecule has 0 aliphatic heterocycles. The molecule has 1 N–H and O–H groups in total. The first kappa shape index (κ1) is 11.0. The van der Waals surface area contributed by atoms with Crippen LogP contribution in [-0.4, -0.2) is 14.6 Å². The second-order valence-electron chi connectivity index (χ2n) is 4.04. The number of H-pyrrole nitrogens is 1. The fraction of sp³-hybridized carbons (Fsp3) is 0.0769. The molecular formula is C13H10ClN3O. The van der Waals surface area contributed by atoms with Crippen LogP contribution in [0.25, 0.3) is 16.8 Å². The number of halogens is 1. The number of aromatic nitrogens is 3. The molecule has 18 heavy (non-hydrogen) atoms. The number of aromatic amines is 1. The Morgan fingerprint density at radius 1 is 1.28 bits per heavy atom. The van der Waals surface area contributed by atoms with Crippen molar-refractivity contribution in [3.8, 4) is 11.1 Å². The lowest BCUT2D eigenvalue weighted by Crippen LogP contribution is -2.13. The molecule has 0 saturated heterocycles. The van der Waals surface area contributed by atoms with Gasteiger partial charge in [0.15, 0.2) is 0 Å². The SMILES string of the molecule is Cc1nn2c(=O)cc(Cl)[nH]c2c1-c1ccccc1. The summed E-state index contributed by atoms with van der Waals surface area (Å²) in [4.78, 5) is 14.8. The maximum atomic E-state index is 11.8. The van der Waals surface area contributed by atoms with Crippen molar-refractivity contribution in [3.05, 3.63) is 57.6 Å². The van der Waals surface area contributed by atoms with Gasteiger partial charge >= 0.3 is 0 Å². The maximum Gasteiger partial charge on any atom is 0.275 e. The van der Waals surface area contributed by atoms with E-state index in [4.69, 9.17) is 11.6 Å². The van der Waals surface area contributed by atoms with E-state index in [1.165, 1.54) is 10.6 Å². The highest BCUT2D eigenvalue weighted by Gasteiger charge is 2.13. The van der Waals surface area contributed by atoms with Gasteiger partial charge in [0, 0.05) is 11.6 Å². The monoisotopic (exact) mass is 259 g/mol. The Kier molecular flexibility index (Phi) is 2.45. The van der Waals surface area contributed by atoms with E-state index in [2.05, 4.69) is 10.1 Å². The normalized spacial score (nSPS) is 11.0. The molecule has 1 aromatic carbocycles. The second-order valence-corrected chi connectivity index (χ2v) is 4.45. The first-order valence-corrected chi connectivity index (χ1v) is 5.88. The van der Waals surface area contributed by atoms with Gasteiger partial charge in [-0.2, -0.15) is 9.61 Å². The molecule has 0 radical (unpaired) electrons. The molecule has 0 atom stereocenters. The summed E-state index contributed by atoms with van der Waals surface area (Å²) >= 11 is 5.90. The standard InChI is InChI=1S/C13H10ClN3O/c1-8-12(9-5-3-2-4-6-9)13-15-10(14)7-11(18)17(13)16-8/h2-7,15H,1H3. The second kappa shape index (κ2) is 3.99. The molecule has 3 aromatic rings. The van der Waals surface area contributed by atoms with Crippen LogP contribution in [0.5, 0.6) is 0 Å². The molecule has 0 aliphatic rings. The van der Waals surface area contributed by atoms with Crippen molar-refractivity contribution in [3.63, 3.8) is 0 Å². The van der Waals surface area contributed by atoms with E-state index in [0.29, 0.717) is 10.8 Å². The highest BCUT2D eigenvalue weighted by Crippen LogP contribution is 2.26. The van der Waals surface area contributed by atoms with Crippen molar-refractivity contribution in [1.82, 2.24) is 14.6 Å². The Hall–Kier alpha value is -2.07. The van der Waals surface area contributed by atoms with Crippen LogP contribution >= 0.6 is 11.6 Å². The largest absolute Gasteiger partial charge is 0.330 e. The zero-order valence-electron chi connectivity index (χ0n) is 9.64. The third-order valence-corrected chi connectivity index (χ3v) is 3.02. The molecule has 3 rings (SSSR count). The van der Waals surface area contributed by atoms with Crippen LogP contribution in [0.3, 0.4) is 0 Å². The number of nitrogens with one attached hydrogen (secondary N) is 1. The predicted octanol–water partition coefficient (Wildman–Crippen LogP) is 2.65. The van der Waals surface area contributed by atoms with Gasteiger partial charge in [-0.3, -0.25) is 4.79 Å². The van der Waals surface area contributed by atoms with Gasteiger partial charge in [-0.15, -0.1) is 0 Å². The molecule has 0 amide bonds. The van der Waals surface area contributed by atoms with Crippen LogP contribution in [-0.2, 0) is 0 Å². The number of benzene rings is 1. The Bertz CT molecular complexity index is 774. The highest BCUT2D eigenvalue weighted by atomic mass is 35.5. The van der Waals surface area contributed by atoms with Crippen molar-refractivity contribution in [2.24, 2.45) is 0 Å². The van der Waals surface area contributed by atoms with Gasteiger partial charge in [0.2, 0.25) is 0 Å². The number of fused-ring (bicyclic) bond motifs is 1. The lowest BCUT2D eigenvalue weighted by Gasteiger charge is -2.00. The summed E-state index contributed by atoms with van der Waals surface area (Å²) in [5, 5.41) is 4.55. The molecule has 4 nitrogen and oxygen atoms in total. The average Bonchev–Trinajstić information content (AvgIpc) is 2.67. The summed E-state index contributed by atoms with van der Waals surface area (Å²) in [6.07, 6.45) is 0. The minimum Gasteiger partial charge on any atom is -0.330 e. The zero-order chi connectivity index (χ0) is 12.7. The summed E-state index contributed by atoms with van der Waals surface area (Å²) < 4.78 is 1.34. The summed E-state index contributed by atoms with van der Waals surface area (Å²) in [6.45, 7) is 1.87.